The lowest BCUT2D eigenvalue weighted by atomic mass is 9.80. The van der Waals surface area contributed by atoms with Crippen molar-refractivity contribution in [1.82, 2.24) is 0 Å². The molecule has 1 aliphatic heterocycles. The number of hydrogen-bond donors (Lipinski definition) is 1. The minimum absolute atomic E-state index is 0.134. The van der Waals surface area contributed by atoms with E-state index in [-0.39, 0.29) is 12.0 Å². The quantitative estimate of drug-likeness (QED) is 0.513. The second-order valence-corrected chi connectivity index (χ2v) is 4.31. The summed E-state index contributed by atoms with van der Waals surface area (Å²) in [5.74, 6) is 0.783. The number of hydroxylamine groups is 2. The summed E-state index contributed by atoms with van der Waals surface area (Å²) in [5.41, 5.74) is 0. The van der Waals surface area contributed by atoms with Gasteiger partial charge in [0.2, 0.25) is 0 Å². The van der Waals surface area contributed by atoms with E-state index in [1.165, 1.54) is 6.92 Å². The van der Waals surface area contributed by atoms with Crippen LogP contribution in [0.15, 0.2) is 0 Å². The molecule has 82 valence electrons. The predicted molar refractivity (Wildman–Crippen MR) is 52.6 cm³/mol. The number of hydrogen-bond acceptors (Lipinski definition) is 3. The smallest absolute Gasteiger partial charge is 0.302 e. The van der Waals surface area contributed by atoms with Gasteiger partial charge in [-0.25, -0.2) is 0 Å². The van der Waals surface area contributed by atoms with Crippen molar-refractivity contribution >= 4 is 5.97 Å². The van der Waals surface area contributed by atoms with Crippen molar-refractivity contribution in [2.45, 2.75) is 33.2 Å². The maximum absolute atomic E-state index is 11.3. The molecule has 1 rings (SSSR count). The topological polar surface area (TPSA) is 53.8 Å². The molecule has 0 saturated carbocycles. The molecule has 4 nitrogen and oxygen atoms in total. The van der Waals surface area contributed by atoms with Crippen LogP contribution < -0.4 is 5.06 Å². The fourth-order valence-electron chi connectivity index (χ4n) is 2.01. The van der Waals surface area contributed by atoms with Gasteiger partial charge in [-0.2, -0.15) is 0 Å². The average molecular weight is 201 g/mol. The largest absolute Gasteiger partial charge is 0.634 e. The Bertz CT molecular complexity index is 206. The molecule has 0 spiro atoms. The number of esters is 1. The molecule has 0 aromatic heterocycles. The third-order valence-electron chi connectivity index (χ3n) is 2.96. The van der Waals surface area contributed by atoms with Crippen LogP contribution in [0.25, 0.3) is 0 Å². The zero-order valence-corrected chi connectivity index (χ0v) is 9.08. The van der Waals surface area contributed by atoms with Crippen LogP contribution in [-0.2, 0) is 9.53 Å². The van der Waals surface area contributed by atoms with Crippen LogP contribution in [-0.4, -0.2) is 25.2 Å². The van der Waals surface area contributed by atoms with Crippen LogP contribution in [0.1, 0.15) is 27.2 Å². The summed E-state index contributed by atoms with van der Waals surface area (Å²) in [4.78, 5) is 10.5. The Kier molecular flexibility index (Phi) is 3.89. The summed E-state index contributed by atoms with van der Waals surface area (Å²) in [6, 6.07) is 0.134. The molecule has 0 bridgehead atoms. The van der Waals surface area contributed by atoms with Gasteiger partial charge >= 0.3 is 5.97 Å². The first-order valence-electron chi connectivity index (χ1n) is 5.18. The van der Waals surface area contributed by atoms with E-state index in [1.54, 1.807) is 0 Å². The fourth-order valence-corrected chi connectivity index (χ4v) is 2.01. The lowest BCUT2D eigenvalue weighted by Gasteiger charge is -2.48. The van der Waals surface area contributed by atoms with Gasteiger partial charge in [-0.05, 0) is 5.92 Å². The van der Waals surface area contributed by atoms with Crippen LogP contribution in [0.3, 0.4) is 0 Å². The summed E-state index contributed by atoms with van der Waals surface area (Å²) in [6.45, 7) is 6.76. The van der Waals surface area contributed by atoms with Crippen molar-refractivity contribution in [2.75, 3.05) is 13.2 Å². The molecular formula is C10H19NO3. The van der Waals surface area contributed by atoms with Gasteiger partial charge in [0.1, 0.15) is 0 Å². The van der Waals surface area contributed by atoms with Crippen molar-refractivity contribution in [3.05, 3.63) is 5.21 Å². The van der Waals surface area contributed by atoms with E-state index in [9.17, 15) is 10.0 Å². The number of rotatable bonds is 4. The molecule has 1 saturated heterocycles. The first-order valence-corrected chi connectivity index (χ1v) is 5.18. The Balaban J connectivity index is 2.25. The van der Waals surface area contributed by atoms with Crippen LogP contribution in [0, 0.1) is 17.0 Å². The Labute approximate surface area is 84.8 Å². The van der Waals surface area contributed by atoms with Gasteiger partial charge in [-0.3, -0.25) is 4.79 Å². The summed E-state index contributed by atoms with van der Waals surface area (Å²) < 4.78 is 4.83. The third-order valence-corrected chi connectivity index (χ3v) is 2.96. The van der Waals surface area contributed by atoms with E-state index in [0.717, 1.165) is 0 Å². The van der Waals surface area contributed by atoms with E-state index >= 15 is 0 Å². The van der Waals surface area contributed by atoms with Gasteiger partial charge in [0.15, 0.2) is 0 Å². The molecule has 3 atom stereocenters. The van der Waals surface area contributed by atoms with Crippen LogP contribution in [0.5, 0.6) is 0 Å². The van der Waals surface area contributed by atoms with Crippen molar-refractivity contribution in [3.63, 3.8) is 0 Å². The number of ether oxygens (including phenoxy) is 1. The predicted octanol–water partition coefficient (Wildman–Crippen LogP) is -0.0233. The first kappa shape index (κ1) is 11.5. The third kappa shape index (κ3) is 2.69. The molecule has 3 unspecified atom stereocenters. The Hall–Kier alpha value is -0.610. The number of nitrogens with one attached hydrogen (secondary N) is 1. The SMILES string of the molecule is CC(=O)OCCC1C(C(C)C)C[NH+]1[O-]. The maximum atomic E-state index is 11.3. The monoisotopic (exact) mass is 201 g/mol. The molecule has 0 amide bonds. The van der Waals surface area contributed by atoms with E-state index in [4.69, 9.17) is 4.74 Å². The Morgan fingerprint density at radius 2 is 2.29 bits per heavy atom. The van der Waals surface area contributed by atoms with Gasteiger partial charge in [0.25, 0.3) is 0 Å². The van der Waals surface area contributed by atoms with E-state index < -0.39 is 0 Å². The second-order valence-electron chi connectivity index (χ2n) is 4.31. The van der Waals surface area contributed by atoms with Crippen molar-refractivity contribution in [3.8, 4) is 0 Å². The average Bonchev–Trinajstić information content (AvgIpc) is 2.07. The van der Waals surface area contributed by atoms with Gasteiger partial charge in [-0.1, -0.05) is 13.8 Å². The zero-order chi connectivity index (χ0) is 10.7. The number of quaternary nitrogens is 1. The van der Waals surface area contributed by atoms with Crippen molar-refractivity contribution < 1.29 is 14.6 Å². The molecule has 1 heterocycles. The molecule has 1 fully saturated rings. The van der Waals surface area contributed by atoms with Crippen LogP contribution in [0.4, 0.5) is 0 Å². The Morgan fingerprint density at radius 1 is 1.64 bits per heavy atom. The van der Waals surface area contributed by atoms with E-state index in [0.29, 0.717) is 36.5 Å². The molecule has 0 aliphatic carbocycles. The number of carbonyl (C=O) groups is 1. The highest BCUT2D eigenvalue weighted by Gasteiger charge is 2.40. The molecule has 14 heavy (non-hydrogen) atoms. The highest BCUT2D eigenvalue weighted by molar-refractivity contribution is 5.65. The molecular weight excluding hydrogens is 182 g/mol. The maximum Gasteiger partial charge on any atom is 0.302 e. The lowest BCUT2D eigenvalue weighted by Crippen LogP contribution is -3.20. The van der Waals surface area contributed by atoms with E-state index in [2.05, 4.69) is 13.8 Å². The molecule has 4 heteroatoms. The molecule has 1 aliphatic rings. The van der Waals surface area contributed by atoms with Crippen LogP contribution >= 0.6 is 0 Å². The van der Waals surface area contributed by atoms with Crippen LogP contribution in [0.2, 0.25) is 0 Å². The number of carbonyl (C=O) groups excluding carboxylic acids is 1. The lowest BCUT2D eigenvalue weighted by molar-refractivity contribution is -0.935. The summed E-state index contributed by atoms with van der Waals surface area (Å²) >= 11 is 0. The molecule has 0 radical (unpaired) electrons. The van der Waals surface area contributed by atoms with Gasteiger partial charge in [0.05, 0.1) is 25.1 Å². The van der Waals surface area contributed by atoms with Crippen molar-refractivity contribution in [2.24, 2.45) is 11.8 Å². The van der Waals surface area contributed by atoms with Gasteiger partial charge < -0.3 is 15.0 Å². The molecule has 1 N–H and O–H groups in total. The summed E-state index contributed by atoms with van der Waals surface area (Å²) in [6.07, 6.45) is 0.696. The second kappa shape index (κ2) is 4.75. The Morgan fingerprint density at radius 3 is 2.71 bits per heavy atom. The fraction of sp³-hybridized carbons (Fsp3) is 0.900. The molecule has 0 aromatic carbocycles. The standard InChI is InChI=1S/C10H19NO3/c1-7(2)9-6-11(13)10(9)4-5-14-8(3)12/h7,9-11H,4-6H2,1-3H3. The van der Waals surface area contributed by atoms with Gasteiger partial charge in [0, 0.05) is 13.3 Å². The normalized spacial score (nSPS) is 31.4. The molecule has 0 aromatic rings. The van der Waals surface area contributed by atoms with Gasteiger partial charge in [-0.15, -0.1) is 0 Å². The zero-order valence-electron chi connectivity index (χ0n) is 9.08. The first-order chi connectivity index (χ1) is 6.52. The van der Waals surface area contributed by atoms with Crippen molar-refractivity contribution in [1.29, 1.82) is 0 Å². The highest BCUT2D eigenvalue weighted by atomic mass is 16.5. The summed E-state index contributed by atoms with van der Waals surface area (Å²) in [5, 5.41) is 11.6. The summed E-state index contributed by atoms with van der Waals surface area (Å²) in [7, 11) is 0. The van der Waals surface area contributed by atoms with E-state index in [1.807, 2.05) is 0 Å². The minimum atomic E-state index is -0.266. The highest BCUT2D eigenvalue weighted by Crippen LogP contribution is 2.20. The minimum Gasteiger partial charge on any atom is -0.634 e.